The Morgan fingerprint density at radius 1 is 0.667 bits per heavy atom. The van der Waals surface area contributed by atoms with Gasteiger partial charge < -0.3 is 77.3 Å². The lowest BCUT2D eigenvalue weighted by Gasteiger charge is -2.36. The lowest BCUT2D eigenvalue weighted by atomic mass is 9.85. The van der Waals surface area contributed by atoms with Crippen molar-refractivity contribution in [1.82, 2.24) is 87.6 Å². The standard InChI is InChI=1S/C61H85N17O15/c1-33(62-10)51(83)69-49(59(3,4)5)56(88)75-29-39-22-44(75)54(86)64-25-47(80)68-43(58(90)91)21-36-14-18-41(19-15-36)93-31-38-28-78(74-72-38)61(9)23-45(76(32-61)57(89)50(60(6,7)8)70-52(84)34(2)63-11)55(87)65-24-46(79)67-42(53(85)66-26-48(81)82)20-35-12-16-40(17-13-35)92-30-37-27-77(39)73-71-37/h12-19,27-28,33-34,39,42-45,49-50,62-63H,20-26,29-32H2,1-11H3,(H,64,86)(H,65,87)(H,66,85)(H,67,79)(H,68,80)(H,69,83)(H,70,84)(H,81,82)(H,90,91). The number of carboxylic acid groups (broad SMARTS) is 2. The second kappa shape index (κ2) is 30.2. The molecular weight excluding hydrogens is 1210 g/mol. The van der Waals surface area contributed by atoms with Gasteiger partial charge in [0.25, 0.3) is 0 Å². The van der Waals surface area contributed by atoms with E-state index in [2.05, 4.69) is 68.5 Å². The summed E-state index contributed by atoms with van der Waals surface area (Å²) < 4.78 is 15.0. The van der Waals surface area contributed by atoms with Gasteiger partial charge in [-0.25, -0.2) is 14.2 Å². The highest BCUT2D eigenvalue weighted by Crippen LogP contribution is 2.36. The van der Waals surface area contributed by atoms with E-state index < -0.39 is 155 Å². The topological polar surface area (TPSA) is 423 Å². The molecule has 11 N–H and O–H groups in total. The summed E-state index contributed by atoms with van der Waals surface area (Å²) in [5, 5.41) is 60.8. The van der Waals surface area contributed by atoms with Gasteiger partial charge in [-0.15, -0.1) is 10.2 Å². The summed E-state index contributed by atoms with van der Waals surface area (Å²) in [5.41, 5.74) is -1.17. The van der Waals surface area contributed by atoms with E-state index in [0.717, 1.165) is 0 Å². The summed E-state index contributed by atoms with van der Waals surface area (Å²) in [4.78, 5) is 152. The molecule has 32 heteroatoms. The van der Waals surface area contributed by atoms with Crippen molar-refractivity contribution in [2.75, 3.05) is 46.8 Å². The van der Waals surface area contributed by atoms with Crippen LogP contribution in [-0.2, 0) is 84.3 Å². The number of carbonyl (C=O) groups excluding carboxylic acids is 9. The molecule has 0 radical (unpaired) electrons. The second-order valence-electron chi connectivity index (χ2n) is 26.0. The van der Waals surface area contributed by atoms with Gasteiger partial charge in [0.1, 0.15) is 78.9 Å². The minimum absolute atomic E-state index is 0.0106. The Hall–Kier alpha value is -9.59. The number of aliphatic carboxylic acids is 2. The summed E-state index contributed by atoms with van der Waals surface area (Å²) in [7, 11) is 3.19. The number of nitrogens with one attached hydrogen (secondary N) is 9. The summed E-state index contributed by atoms with van der Waals surface area (Å²) in [5.74, 6) is -8.09. The number of hydrogen-bond donors (Lipinski definition) is 11. The number of hydrogen-bond acceptors (Lipinski definition) is 19. The molecule has 0 spiro atoms. The van der Waals surface area contributed by atoms with Crippen molar-refractivity contribution >= 4 is 65.1 Å². The molecule has 0 saturated carbocycles. The van der Waals surface area contributed by atoms with Gasteiger partial charge >= 0.3 is 11.9 Å². The number of ether oxygens (including phenoxy) is 2. The van der Waals surface area contributed by atoms with Crippen LogP contribution in [0.5, 0.6) is 11.5 Å². The normalized spacial score (nSPS) is 22.5. The average molecular weight is 1300 g/mol. The number of likely N-dealkylation sites (N-methyl/N-ethyl adjacent to an activating group) is 2. The Kier molecular flexibility index (Phi) is 23.0. The number of likely N-dealkylation sites (tertiary alicyclic amines) is 2. The Balaban J connectivity index is 1.17. The molecule has 0 aliphatic carbocycles. The number of amides is 9. The van der Waals surface area contributed by atoms with Crippen LogP contribution in [0.4, 0.5) is 0 Å². The lowest BCUT2D eigenvalue weighted by molar-refractivity contribution is -0.144. The first-order valence-corrected chi connectivity index (χ1v) is 30.5. The van der Waals surface area contributed by atoms with Crippen LogP contribution in [0.15, 0.2) is 60.9 Å². The SMILES string of the molecule is CNC(C)C(=O)NC(C(=O)N1CC2CC1C(=O)NCC(=O)NC(C(=O)O)Cc1ccc(cc1)OCc1cn(nn1)C1(C)CC(C(=O)NCC(=O)NC(C(=O)NCC(=O)O)Cc3ccc(cc3)OCc3cn2nn3)N(C(=O)C(NC(=O)C(C)NC)C(C)(C)C)C1)C(C)(C)C. The Bertz CT molecular complexity index is 3400. The highest BCUT2D eigenvalue weighted by Gasteiger charge is 2.51. The number of benzene rings is 2. The van der Waals surface area contributed by atoms with Gasteiger partial charge in [0.15, 0.2) is 0 Å². The fourth-order valence-corrected chi connectivity index (χ4v) is 10.8. The second-order valence-corrected chi connectivity index (χ2v) is 26.0. The van der Waals surface area contributed by atoms with Gasteiger partial charge in [0, 0.05) is 38.8 Å². The summed E-state index contributed by atoms with van der Waals surface area (Å²) in [6, 6.07) is 3.29. The molecule has 12 bridgehead atoms. The van der Waals surface area contributed by atoms with Gasteiger partial charge in [0.2, 0.25) is 53.2 Å². The van der Waals surface area contributed by atoms with Crippen molar-refractivity contribution in [3.8, 4) is 11.5 Å². The van der Waals surface area contributed by atoms with E-state index in [-0.39, 0.29) is 52.0 Å². The number of carboxylic acids is 2. The third kappa shape index (κ3) is 18.6. The number of carbonyl (C=O) groups is 11. The molecule has 2 fully saturated rings. The third-order valence-corrected chi connectivity index (χ3v) is 16.5. The highest BCUT2D eigenvalue weighted by atomic mass is 16.5. The van der Waals surface area contributed by atoms with Gasteiger partial charge in [-0.05, 0) is 81.1 Å². The highest BCUT2D eigenvalue weighted by molar-refractivity contribution is 5.97. The number of aromatic nitrogens is 6. The Labute approximate surface area is 537 Å². The molecule has 2 aromatic heterocycles. The van der Waals surface area contributed by atoms with Crippen LogP contribution in [0, 0.1) is 10.8 Å². The molecule has 10 rings (SSSR count). The van der Waals surface area contributed by atoms with E-state index >= 15 is 0 Å². The molecule has 504 valence electrons. The fraction of sp³-hybridized carbons (Fsp3) is 0.557. The zero-order valence-electron chi connectivity index (χ0n) is 54.0. The van der Waals surface area contributed by atoms with Crippen LogP contribution in [0.1, 0.15) is 104 Å². The zero-order valence-corrected chi connectivity index (χ0v) is 54.0. The first-order chi connectivity index (χ1) is 43.8. The van der Waals surface area contributed by atoms with E-state index in [1.54, 1.807) is 137 Å². The molecule has 10 atom stereocenters. The maximum atomic E-state index is 14.8. The third-order valence-electron chi connectivity index (χ3n) is 16.5. The monoisotopic (exact) mass is 1300 g/mol. The fourth-order valence-electron chi connectivity index (χ4n) is 10.8. The largest absolute Gasteiger partial charge is 0.487 e. The lowest BCUT2D eigenvalue weighted by Crippen LogP contribution is -2.60. The van der Waals surface area contributed by atoms with E-state index in [1.807, 2.05) is 0 Å². The van der Waals surface area contributed by atoms with E-state index in [0.29, 0.717) is 34.0 Å². The van der Waals surface area contributed by atoms with Crippen molar-refractivity contribution in [2.24, 2.45) is 10.8 Å². The van der Waals surface area contributed by atoms with E-state index in [9.17, 15) is 63.0 Å². The van der Waals surface area contributed by atoms with Gasteiger partial charge in [0.05, 0.1) is 49.1 Å². The molecular formula is C61H85N17O15. The average Bonchev–Trinajstić information content (AvgIpc) is 1.63. The van der Waals surface area contributed by atoms with Crippen LogP contribution in [-0.4, -0.2) is 210 Å². The molecule has 2 saturated heterocycles. The van der Waals surface area contributed by atoms with Crippen molar-refractivity contribution in [3.63, 3.8) is 0 Å². The van der Waals surface area contributed by atoms with Gasteiger partial charge in [-0.2, -0.15) is 0 Å². The maximum Gasteiger partial charge on any atom is 0.326 e. The van der Waals surface area contributed by atoms with E-state index in [4.69, 9.17) is 9.47 Å². The Morgan fingerprint density at radius 3 is 1.63 bits per heavy atom. The summed E-state index contributed by atoms with van der Waals surface area (Å²) >= 11 is 0. The first-order valence-electron chi connectivity index (χ1n) is 30.5. The molecule has 6 aliphatic heterocycles. The van der Waals surface area contributed by atoms with Crippen molar-refractivity contribution in [3.05, 3.63) is 83.4 Å². The Morgan fingerprint density at radius 2 is 1.14 bits per heavy atom. The predicted molar refractivity (Wildman–Crippen MR) is 330 cm³/mol. The molecule has 4 aromatic rings. The first kappa shape index (κ1) is 70.9. The van der Waals surface area contributed by atoms with Crippen LogP contribution < -0.4 is 57.3 Å². The van der Waals surface area contributed by atoms with Crippen molar-refractivity contribution in [2.45, 2.75) is 161 Å². The number of nitrogens with zero attached hydrogens (tertiary/aromatic N) is 8. The van der Waals surface area contributed by atoms with E-state index in [1.165, 1.54) is 19.2 Å². The van der Waals surface area contributed by atoms with Crippen molar-refractivity contribution in [1.29, 1.82) is 0 Å². The molecule has 6 aliphatic rings. The van der Waals surface area contributed by atoms with Crippen molar-refractivity contribution < 1.29 is 72.4 Å². The quantitative estimate of drug-likeness (QED) is 0.0734. The van der Waals surface area contributed by atoms with Crippen LogP contribution >= 0.6 is 0 Å². The summed E-state index contributed by atoms with van der Waals surface area (Å²) in [6.07, 6.45) is 2.78. The smallest absolute Gasteiger partial charge is 0.326 e. The molecule has 2 aromatic carbocycles. The van der Waals surface area contributed by atoms with Crippen LogP contribution in [0.2, 0.25) is 0 Å². The summed E-state index contributed by atoms with van der Waals surface area (Å²) in [6.45, 7) is 13.0. The predicted octanol–water partition coefficient (Wildman–Crippen LogP) is -1.95. The maximum absolute atomic E-state index is 14.8. The molecule has 93 heavy (non-hydrogen) atoms. The molecule has 32 nitrogen and oxygen atoms in total. The number of rotatable bonds is 12. The minimum atomic E-state index is -1.44. The molecule has 9 amide bonds. The molecule has 10 unspecified atom stereocenters. The van der Waals surface area contributed by atoms with Crippen LogP contribution in [0.3, 0.4) is 0 Å². The minimum Gasteiger partial charge on any atom is -0.487 e. The van der Waals surface area contributed by atoms with Gasteiger partial charge in [-0.1, -0.05) is 76.2 Å². The molecule has 8 heterocycles. The zero-order chi connectivity index (χ0) is 68.3. The van der Waals surface area contributed by atoms with Crippen LogP contribution in [0.25, 0.3) is 0 Å². The van der Waals surface area contributed by atoms with Gasteiger partial charge in [-0.3, -0.25) is 47.9 Å².